The van der Waals surface area contributed by atoms with Crippen LogP contribution in [0, 0.1) is 6.92 Å². The lowest BCUT2D eigenvalue weighted by atomic mass is 9.92. The van der Waals surface area contributed by atoms with Gasteiger partial charge in [-0.2, -0.15) is 0 Å². The predicted molar refractivity (Wildman–Crippen MR) is 73.5 cm³/mol. The van der Waals surface area contributed by atoms with Gasteiger partial charge >= 0.3 is 0 Å². The molecular weight excluding hydrogens is 228 g/mol. The van der Waals surface area contributed by atoms with E-state index in [4.69, 9.17) is 0 Å². The fourth-order valence-electron chi connectivity index (χ4n) is 2.12. The summed E-state index contributed by atoms with van der Waals surface area (Å²) in [5.74, 6) is 0.380. The standard InChI is InChI=1S/C15H18OS/c1-11(13-6-4-3-5-7-13)10-15(16)14-8-9-17-12(14)2/h3-9,11,15-16H,10H2,1-2H3. The molecule has 0 aliphatic heterocycles. The van der Waals surface area contributed by atoms with Gasteiger partial charge in [-0.05, 0) is 41.8 Å². The molecule has 0 aliphatic carbocycles. The van der Waals surface area contributed by atoms with E-state index < -0.39 is 0 Å². The molecule has 0 spiro atoms. The molecule has 1 aromatic carbocycles. The largest absolute Gasteiger partial charge is 0.388 e. The first-order chi connectivity index (χ1) is 8.18. The third-order valence-electron chi connectivity index (χ3n) is 3.20. The van der Waals surface area contributed by atoms with Gasteiger partial charge < -0.3 is 5.11 Å². The van der Waals surface area contributed by atoms with Gasteiger partial charge in [0.15, 0.2) is 0 Å². The van der Waals surface area contributed by atoms with E-state index in [9.17, 15) is 5.11 Å². The molecule has 0 saturated carbocycles. The van der Waals surface area contributed by atoms with Gasteiger partial charge in [0.25, 0.3) is 0 Å². The number of hydrogen-bond acceptors (Lipinski definition) is 2. The Labute approximate surface area is 107 Å². The van der Waals surface area contributed by atoms with Crippen LogP contribution >= 0.6 is 11.3 Å². The number of aryl methyl sites for hydroxylation is 1. The lowest BCUT2D eigenvalue weighted by molar-refractivity contribution is 0.159. The second-order valence-corrected chi connectivity index (χ2v) is 5.62. The average molecular weight is 246 g/mol. The normalized spacial score (nSPS) is 14.5. The molecule has 0 radical (unpaired) electrons. The van der Waals surface area contributed by atoms with Crippen LogP contribution in [0.1, 0.15) is 41.4 Å². The van der Waals surface area contributed by atoms with Crippen molar-refractivity contribution in [2.24, 2.45) is 0 Å². The molecule has 2 atom stereocenters. The number of hydrogen-bond donors (Lipinski definition) is 1. The van der Waals surface area contributed by atoms with Crippen molar-refractivity contribution in [1.29, 1.82) is 0 Å². The van der Waals surface area contributed by atoms with Crippen LogP contribution in [-0.4, -0.2) is 5.11 Å². The lowest BCUT2D eigenvalue weighted by Crippen LogP contribution is -2.03. The maximum atomic E-state index is 10.2. The third kappa shape index (κ3) is 2.96. The molecule has 0 amide bonds. The van der Waals surface area contributed by atoms with Gasteiger partial charge in [-0.1, -0.05) is 37.3 Å². The highest BCUT2D eigenvalue weighted by molar-refractivity contribution is 7.10. The molecule has 1 heterocycles. The summed E-state index contributed by atoms with van der Waals surface area (Å²) in [7, 11) is 0. The Bertz CT molecular complexity index is 461. The molecule has 2 unspecified atom stereocenters. The summed E-state index contributed by atoms with van der Waals surface area (Å²) in [4.78, 5) is 1.22. The monoisotopic (exact) mass is 246 g/mol. The summed E-state index contributed by atoms with van der Waals surface area (Å²) in [6.07, 6.45) is 0.429. The topological polar surface area (TPSA) is 20.2 Å². The molecule has 0 fully saturated rings. The highest BCUT2D eigenvalue weighted by atomic mass is 32.1. The van der Waals surface area contributed by atoms with Crippen LogP contribution < -0.4 is 0 Å². The highest BCUT2D eigenvalue weighted by Crippen LogP contribution is 2.31. The van der Waals surface area contributed by atoms with E-state index in [0.717, 1.165) is 12.0 Å². The first kappa shape index (κ1) is 12.3. The second kappa shape index (κ2) is 5.48. The maximum Gasteiger partial charge on any atom is 0.0806 e. The van der Waals surface area contributed by atoms with Crippen LogP contribution in [0.3, 0.4) is 0 Å². The Balaban J connectivity index is 2.05. The van der Waals surface area contributed by atoms with E-state index in [0.29, 0.717) is 5.92 Å². The third-order valence-corrected chi connectivity index (χ3v) is 4.06. The second-order valence-electron chi connectivity index (χ2n) is 4.50. The average Bonchev–Trinajstić information content (AvgIpc) is 2.76. The maximum absolute atomic E-state index is 10.2. The molecule has 17 heavy (non-hydrogen) atoms. The smallest absolute Gasteiger partial charge is 0.0806 e. The van der Waals surface area contributed by atoms with Crippen LogP contribution in [0.5, 0.6) is 0 Å². The summed E-state index contributed by atoms with van der Waals surface area (Å²) < 4.78 is 0. The van der Waals surface area contributed by atoms with Crippen LogP contribution in [0.2, 0.25) is 0 Å². The van der Waals surface area contributed by atoms with Gasteiger partial charge in [0.2, 0.25) is 0 Å². The molecule has 2 rings (SSSR count). The number of rotatable bonds is 4. The zero-order valence-corrected chi connectivity index (χ0v) is 11.1. The molecule has 0 bridgehead atoms. The van der Waals surface area contributed by atoms with Gasteiger partial charge in [-0.15, -0.1) is 11.3 Å². The van der Waals surface area contributed by atoms with Crippen molar-refractivity contribution in [3.05, 3.63) is 57.8 Å². The summed E-state index contributed by atoms with van der Waals surface area (Å²) in [6.45, 7) is 4.23. The number of aliphatic hydroxyl groups is 1. The molecule has 1 aromatic heterocycles. The zero-order chi connectivity index (χ0) is 12.3. The minimum atomic E-state index is -0.351. The lowest BCUT2D eigenvalue weighted by Gasteiger charge is -2.17. The van der Waals surface area contributed by atoms with Crippen molar-refractivity contribution in [3.8, 4) is 0 Å². The van der Waals surface area contributed by atoms with E-state index in [-0.39, 0.29) is 6.10 Å². The summed E-state index contributed by atoms with van der Waals surface area (Å²) in [6, 6.07) is 12.4. The van der Waals surface area contributed by atoms with Crippen molar-refractivity contribution < 1.29 is 5.11 Å². The number of benzene rings is 1. The first-order valence-electron chi connectivity index (χ1n) is 5.95. The van der Waals surface area contributed by atoms with Crippen LogP contribution in [0.25, 0.3) is 0 Å². The molecule has 1 nitrogen and oxygen atoms in total. The minimum Gasteiger partial charge on any atom is -0.388 e. The number of thiophene rings is 1. The molecular formula is C15H18OS. The molecule has 90 valence electrons. The SMILES string of the molecule is Cc1sccc1C(O)CC(C)c1ccccc1. The molecule has 0 saturated heterocycles. The van der Waals surface area contributed by atoms with Crippen LogP contribution in [0.15, 0.2) is 41.8 Å². The molecule has 0 aliphatic rings. The Kier molecular flexibility index (Phi) is 3.97. The quantitative estimate of drug-likeness (QED) is 0.853. The highest BCUT2D eigenvalue weighted by Gasteiger charge is 2.15. The van der Waals surface area contributed by atoms with Gasteiger partial charge in [0.05, 0.1) is 6.10 Å². The first-order valence-corrected chi connectivity index (χ1v) is 6.83. The van der Waals surface area contributed by atoms with Crippen molar-refractivity contribution in [2.75, 3.05) is 0 Å². The van der Waals surface area contributed by atoms with Gasteiger partial charge in [-0.3, -0.25) is 0 Å². The van der Waals surface area contributed by atoms with Crippen molar-refractivity contribution in [3.63, 3.8) is 0 Å². The van der Waals surface area contributed by atoms with E-state index in [1.54, 1.807) is 11.3 Å². The zero-order valence-electron chi connectivity index (χ0n) is 10.3. The fraction of sp³-hybridized carbons (Fsp3) is 0.333. The summed E-state index contributed by atoms with van der Waals surface area (Å²) in [5.41, 5.74) is 2.37. The van der Waals surface area contributed by atoms with E-state index in [1.807, 2.05) is 29.6 Å². The Morgan fingerprint density at radius 2 is 1.88 bits per heavy atom. The van der Waals surface area contributed by atoms with Crippen molar-refractivity contribution >= 4 is 11.3 Å². The van der Waals surface area contributed by atoms with Crippen LogP contribution in [-0.2, 0) is 0 Å². The fourth-order valence-corrected chi connectivity index (χ4v) is 2.88. The van der Waals surface area contributed by atoms with Crippen molar-refractivity contribution in [2.45, 2.75) is 32.3 Å². The molecule has 2 aromatic rings. The van der Waals surface area contributed by atoms with Gasteiger partial charge in [0, 0.05) is 4.88 Å². The van der Waals surface area contributed by atoms with E-state index >= 15 is 0 Å². The van der Waals surface area contributed by atoms with E-state index in [1.165, 1.54) is 10.4 Å². The molecule has 1 N–H and O–H groups in total. The Hall–Kier alpha value is -1.12. The van der Waals surface area contributed by atoms with Gasteiger partial charge in [-0.25, -0.2) is 0 Å². The number of aliphatic hydroxyl groups excluding tert-OH is 1. The van der Waals surface area contributed by atoms with Crippen LogP contribution in [0.4, 0.5) is 0 Å². The van der Waals surface area contributed by atoms with Gasteiger partial charge in [0.1, 0.15) is 0 Å². The van der Waals surface area contributed by atoms with Crippen molar-refractivity contribution in [1.82, 2.24) is 0 Å². The molecule has 2 heteroatoms. The summed E-state index contributed by atoms with van der Waals surface area (Å²) in [5, 5.41) is 12.3. The predicted octanol–water partition coefficient (Wildman–Crippen LogP) is 4.28. The summed E-state index contributed by atoms with van der Waals surface area (Å²) >= 11 is 1.70. The Morgan fingerprint density at radius 3 is 2.47 bits per heavy atom. The Morgan fingerprint density at radius 1 is 1.18 bits per heavy atom. The minimum absolute atomic E-state index is 0.351. The van der Waals surface area contributed by atoms with E-state index in [2.05, 4.69) is 26.0 Å².